The lowest BCUT2D eigenvalue weighted by Crippen LogP contribution is -2.05. The van der Waals surface area contributed by atoms with Gasteiger partial charge in [-0.15, -0.1) is 0 Å². The van der Waals surface area contributed by atoms with Crippen molar-refractivity contribution in [3.05, 3.63) is 66.5 Å². The summed E-state index contributed by atoms with van der Waals surface area (Å²) in [5.74, 6) is 0. The minimum atomic E-state index is -4.33. The maximum atomic E-state index is 12.5. The molecule has 0 unspecified atom stereocenters. The lowest BCUT2D eigenvalue weighted by atomic mass is 10.2. The molecule has 0 N–H and O–H groups in total. The maximum Gasteiger partial charge on any atom is 0.416 e. The number of halogens is 3. The molecule has 0 radical (unpaired) electrons. The molecule has 0 aliphatic rings. The normalized spacial score (nSPS) is 11.6. The molecule has 1 aromatic carbocycles. The molecule has 3 rings (SSSR count). The van der Waals surface area contributed by atoms with E-state index in [-0.39, 0.29) is 0 Å². The van der Waals surface area contributed by atoms with Gasteiger partial charge < -0.3 is 0 Å². The number of rotatable bonds is 2. The van der Waals surface area contributed by atoms with Gasteiger partial charge in [0, 0.05) is 12.4 Å². The topological polar surface area (TPSA) is 30.7 Å². The van der Waals surface area contributed by atoms with Gasteiger partial charge in [-0.3, -0.25) is 4.98 Å². The third kappa shape index (κ3) is 2.79. The number of pyridine rings is 1. The average molecular weight is 289 g/mol. The van der Waals surface area contributed by atoms with E-state index in [1.165, 1.54) is 16.8 Å². The van der Waals surface area contributed by atoms with Gasteiger partial charge in [-0.1, -0.05) is 6.07 Å². The SMILES string of the molecule is FC(F)(F)c1ccc(-n2ccc(-c3ccccn3)n2)cc1. The van der Waals surface area contributed by atoms with Gasteiger partial charge in [0.25, 0.3) is 0 Å². The van der Waals surface area contributed by atoms with Crippen LogP contribution in [0.5, 0.6) is 0 Å². The fourth-order valence-corrected chi connectivity index (χ4v) is 1.92. The number of nitrogens with zero attached hydrogens (tertiary/aromatic N) is 3. The lowest BCUT2D eigenvalue weighted by Gasteiger charge is -2.07. The van der Waals surface area contributed by atoms with Crippen molar-refractivity contribution in [2.45, 2.75) is 6.18 Å². The smallest absolute Gasteiger partial charge is 0.255 e. The third-order valence-corrected chi connectivity index (χ3v) is 2.98. The summed E-state index contributed by atoms with van der Waals surface area (Å²) in [6, 6.07) is 12.1. The third-order valence-electron chi connectivity index (χ3n) is 2.98. The molecule has 0 aliphatic carbocycles. The number of aromatic nitrogens is 3. The van der Waals surface area contributed by atoms with Crippen molar-refractivity contribution in [3.8, 4) is 17.1 Å². The van der Waals surface area contributed by atoms with Crippen LogP contribution in [0.3, 0.4) is 0 Å². The summed E-state index contributed by atoms with van der Waals surface area (Å²) in [5.41, 5.74) is 1.26. The Morgan fingerprint density at radius 1 is 0.857 bits per heavy atom. The maximum absolute atomic E-state index is 12.5. The fraction of sp³-hybridized carbons (Fsp3) is 0.0667. The number of hydrogen-bond acceptors (Lipinski definition) is 2. The van der Waals surface area contributed by atoms with Gasteiger partial charge in [-0.25, -0.2) is 4.68 Å². The first-order chi connectivity index (χ1) is 10.0. The molecule has 0 fully saturated rings. The number of hydrogen-bond donors (Lipinski definition) is 0. The fourth-order valence-electron chi connectivity index (χ4n) is 1.92. The molecule has 0 amide bonds. The van der Waals surface area contributed by atoms with E-state index in [1.54, 1.807) is 24.5 Å². The van der Waals surface area contributed by atoms with Crippen LogP contribution in [0.1, 0.15) is 5.56 Å². The van der Waals surface area contributed by atoms with Gasteiger partial charge >= 0.3 is 6.18 Å². The second kappa shape index (κ2) is 5.05. The molecule has 0 atom stereocenters. The van der Waals surface area contributed by atoms with E-state index in [2.05, 4.69) is 10.1 Å². The molecule has 0 aliphatic heterocycles. The van der Waals surface area contributed by atoms with E-state index in [1.807, 2.05) is 12.1 Å². The molecule has 2 aromatic heterocycles. The summed E-state index contributed by atoms with van der Waals surface area (Å²) in [4.78, 5) is 4.18. The van der Waals surface area contributed by atoms with Crippen molar-refractivity contribution in [2.24, 2.45) is 0 Å². The van der Waals surface area contributed by atoms with Gasteiger partial charge in [0.05, 0.1) is 16.9 Å². The molecule has 21 heavy (non-hydrogen) atoms. The highest BCUT2D eigenvalue weighted by atomic mass is 19.4. The summed E-state index contributed by atoms with van der Waals surface area (Å²) < 4.78 is 39.1. The van der Waals surface area contributed by atoms with Crippen LogP contribution in [0, 0.1) is 0 Å². The molecule has 2 heterocycles. The van der Waals surface area contributed by atoms with Crippen LogP contribution >= 0.6 is 0 Å². The van der Waals surface area contributed by atoms with Crippen LogP contribution in [0.15, 0.2) is 60.9 Å². The number of benzene rings is 1. The quantitative estimate of drug-likeness (QED) is 0.715. The monoisotopic (exact) mass is 289 g/mol. The van der Waals surface area contributed by atoms with Crippen LogP contribution in [0.25, 0.3) is 17.1 Å². The van der Waals surface area contributed by atoms with Gasteiger partial charge in [-0.2, -0.15) is 18.3 Å². The van der Waals surface area contributed by atoms with Crippen LogP contribution < -0.4 is 0 Å². The van der Waals surface area contributed by atoms with Crippen LogP contribution in [0.2, 0.25) is 0 Å². The predicted octanol–water partition coefficient (Wildman–Crippen LogP) is 3.95. The van der Waals surface area contributed by atoms with Gasteiger partial charge in [0.2, 0.25) is 0 Å². The molecule has 3 nitrogen and oxygen atoms in total. The van der Waals surface area contributed by atoms with Crippen molar-refractivity contribution >= 4 is 0 Å². The van der Waals surface area contributed by atoms with E-state index in [9.17, 15) is 13.2 Å². The standard InChI is InChI=1S/C15H10F3N3/c16-15(17,18)11-4-6-12(7-5-11)21-10-8-14(20-21)13-3-1-2-9-19-13/h1-10H. The van der Waals surface area contributed by atoms with E-state index in [4.69, 9.17) is 0 Å². The Hall–Kier alpha value is -2.63. The molecular weight excluding hydrogens is 279 g/mol. The summed E-state index contributed by atoms with van der Waals surface area (Å²) in [7, 11) is 0. The Kier molecular flexibility index (Phi) is 3.21. The molecule has 0 saturated heterocycles. The largest absolute Gasteiger partial charge is 0.416 e. The van der Waals surface area contributed by atoms with Crippen LogP contribution in [-0.2, 0) is 6.18 Å². The second-order valence-electron chi connectivity index (χ2n) is 4.41. The van der Waals surface area contributed by atoms with Crippen molar-refractivity contribution in [3.63, 3.8) is 0 Å². The van der Waals surface area contributed by atoms with E-state index in [0.29, 0.717) is 17.1 Å². The zero-order chi connectivity index (χ0) is 14.9. The average Bonchev–Trinajstić information content (AvgIpc) is 2.97. The zero-order valence-corrected chi connectivity index (χ0v) is 10.7. The Balaban J connectivity index is 1.90. The van der Waals surface area contributed by atoms with Crippen molar-refractivity contribution in [2.75, 3.05) is 0 Å². The first-order valence-corrected chi connectivity index (χ1v) is 6.19. The van der Waals surface area contributed by atoms with E-state index in [0.717, 1.165) is 12.1 Å². The predicted molar refractivity (Wildman–Crippen MR) is 71.8 cm³/mol. The molecule has 0 saturated carbocycles. The molecule has 0 spiro atoms. The van der Waals surface area contributed by atoms with Crippen molar-refractivity contribution in [1.82, 2.24) is 14.8 Å². The lowest BCUT2D eigenvalue weighted by molar-refractivity contribution is -0.137. The Labute approximate surface area is 118 Å². The Morgan fingerprint density at radius 2 is 1.62 bits per heavy atom. The van der Waals surface area contributed by atoms with Crippen LogP contribution in [-0.4, -0.2) is 14.8 Å². The minimum absolute atomic E-state index is 0.560. The first kappa shape index (κ1) is 13.4. The molecule has 3 aromatic rings. The van der Waals surface area contributed by atoms with E-state index >= 15 is 0 Å². The summed E-state index contributed by atoms with van der Waals surface area (Å²) >= 11 is 0. The Bertz CT molecular complexity index is 731. The summed E-state index contributed by atoms with van der Waals surface area (Å²) in [5, 5.41) is 4.32. The highest BCUT2D eigenvalue weighted by Gasteiger charge is 2.30. The highest BCUT2D eigenvalue weighted by molar-refractivity contribution is 5.53. The van der Waals surface area contributed by atoms with Crippen molar-refractivity contribution in [1.29, 1.82) is 0 Å². The van der Waals surface area contributed by atoms with E-state index < -0.39 is 11.7 Å². The molecular formula is C15H10F3N3. The highest BCUT2D eigenvalue weighted by Crippen LogP contribution is 2.29. The summed E-state index contributed by atoms with van der Waals surface area (Å²) in [6.45, 7) is 0. The van der Waals surface area contributed by atoms with Gasteiger partial charge in [-0.05, 0) is 42.5 Å². The van der Waals surface area contributed by atoms with Gasteiger partial charge in [0.1, 0.15) is 5.69 Å². The minimum Gasteiger partial charge on any atom is -0.255 e. The Morgan fingerprint density at radius 3 is 2.24 bits per heavy atom. The van der Waals surface area contributed by atoms with Gasteiger partial charge in [0.15, 0.2) is 0 Å². The first-order valence-electron chi connectivity index (χ1n) is 6.19. The zero-order valence-electron chi connectivity index (χ0n) is 10.7. The molecule has 106 valence electrons. The van der Waals surface area contributed by atoms with Crippen molar-refractivity contribution < 1.29 is 13.2 Å². The number of alkyl halides is 3. The van der Waals surface area contributed by atoms with Crippen LogP contribution in [0.4, 0.5) is 13.2 Å². The molecule has 6 heteroatoms. The second-order valence-corrected chi connectivity index (χ2v) is 4.41. The summed E-state index contributed by atoms with van der Waals surface area (Å²) in [6.07, 6.45) is -0.985. The molecule has 0 bridgehead atoms.